The fourth-order valence-corrected chi connectivity index (χ4v) is 1.67. The highest BCUT2D eigenvalue weighted by Gasteiger charge is 2.24. The summed E-state index contributed by atoms with van der Waals surface area (Å²) in [5, 5.41) is 0. The van der Waals surface area contributed by atoms with Crippen molar-refractivity contribution in [2.24, 2.45) is 5.92 Å². The molecule has 0 spiro atoms. The van der Waals surface area contributed by atoms with E-state index in [0.717, 1.165) is 25.7 Å². The van der Waals surface area contributed by atoms with Crippen LogP contribution in [0.4, 0.5) is 0 Å². The second-order valence-corrected chi connectivity index (χ2v) is 3.36. The number of nitrogens with zero attached hydrogens (tertiary/aromatic N) is 1. The summed E-state index contributed by atoms with van der Waals surface area (Å²) in [6, 6.07) is 0. The van der Waals surface area contributed by atoms with E-state index in [2.05, 4.69) is 9.55 Å². The Morgan fingerprint density at radius 3 is 3.15 bits per heavy atom. The minimum absolute atomic E-state index is 0.155. The summed E-state index contributed by atoms with van der Waals surface area (Å²) in [5.74, 6) is 0.213. The Labute approximate surface area is 78.5 Å². The quantitative estimate of drug-likeness (QED) is 0.332. The number of carbonyl (C=O) groups is 2. The first kappa shape index (κ1) is 10.2. The molecule has 1 atom stereocenters. The molecule has 0 aromatic heterocycles. The molecule has 1 saturated heterocycles. The number of ether oxygens (including phenoxy) is 1. The predicted molar refractivity (Wildman–Crippen MR) is 50.2 cm³/mol. The van der Waals surface area contributed by atoms with Gasteiger partial charge < -0.3 is 14.3 Å². The largest absolute Gasteiger partial charge is 0.469 e. The maximum Gasteiger partial charge on any atom is 0.305 e. The zero-order valence-electron chi connectivity index (χ0n) is 7.86. The highest BCUT2D eigenvalue weighted by atomic mass is 16.5. The summed E-state index contributed by atoms with van der Waals surface area (Å²) >= 11 is 0. The Hall–Kier alpha value is -0.835. The molecule has 5 heteroatoms. The van der Waals surface area contributed by atoms with Crippen molar-refractivity contribution in [3.05, 3.63) is 0 Å². The number of esters is 1. The monoisotopic (exact) mass is 183 g/mol. The van der Waals surface area contributed by atoms with E-state index in [-0.39, 0.29) is 5.97 Å². The lowest BCUT2D eigenvalue weighted by Crippen LogP contribution is -2.26. The topological polar surface area (TPSA) is 46.6 Å². The molecule has 1 aliphatic rings. The van der Waals surface area contributed by atoms with Gasteiger partial charge in [0.15, 0.2) is 0 Å². The third kappa shape index (κ3) is 3.18. The normalized spacial score (nSPS) is 22.7. The van der Waals surface area contributed by atoms with Crippen LogP contribution in [0, 0.1) is 5.92 Å². The highest BCUT2D eigenvalue weighted by molar-refractivity contribution is 6.64. The van der Waals surface area contributed by atoms with E-state index in [1.54, 1.807) is 0 Å². The van der Waals surface area contributed by atoms with E-state index >= 15 is 0 Å². The van der Waals surface area contributed by atoms with Gasteiger partial charge in [0.05, 0.1) is 13.3 Å². The molecule has 0 aromatic carbocycles. The first-order valence-corrected chi connectivity index (χ1v) is 4.49. The van der Waals surface area contributed by atoms with Gasteiger partial charge >= 0.3 is 5.97 Å². The third-order valence-electron chi connectivity index (χ3n) is 2.39. The molecule has 0 aliphatic carbocycles. The third-order valence-corrected chi connectivity index (χ3v) is 2.39. The molecular weight excluding hydrogens is 169 g/mol. The molecule has 1 heterocycles. The molecule has 1 fully saturated rings. The fourth-order valence-electron chi connectivity index (χ4n) is 1.67. The van der Waals surface area contributed by atoms with E-state index in [1.807, 2.05) is 0 Å². The summed E-state index contributed by atoms with van der Waals surface area (Å²) in [7, 11) is 1.89. The van der Waals surface area contributed by atoms with Crippen molar-refractivity contribution in [3.63, 3.8) is 0 Å². The lowest BCUT2D eigenvalue weighted by atomic mass is 9.95. The van der Waals surface area contributed by atoms with E-state index in [9.17, 15) is 9.59 Å². The standard InChI is InChI=1S/C8H14BNO3/c1-13-8(12)4-7-2-3-10(5-7)9-6-11/h6-7,9H,2-5H2,1H3. The molecule has 72 valence electrons. The summed E-state index contributed by atoms with van der Waals surface area (Å²) in [6.07, 6.45) is 2.37. The lowest BCUT2D eigenvalue weighted by molar-refractivity contribution is -0.141. The van der Waals surface area contributed by atoms with Gasteiger partial charge in [-0.05, 0) is 25.4 Å². The van der Waals surface area contributed by atoms with Crippen molar-refractivity contribution in [1.29, 1.82) is 0 Å². The summed E-state index contributed by atoms with van der Waals surface area (Å²) < 4.78 is 4.58. The van der Waals surface area contributed by atoms with Gasteiger partial charge in [-0.3, -0.25) is 4.79 Å². The number of rotatable bonds is 4. The molecule has 1 aliphatic heterocycles. The molecule has 0 bridgehead atoms. The van der Waals surface area contributed by atoms with Crippen molar-refractivity contribution in [2.75, 3.05) is 20.2 Å². The van der Waals surface area contributed by atoms with Gasteiger partial charge in [0.25, 0.3) is 7.41 Å². The van der Waals surface area contributed by atoms with Crippen LogP contribution in [0.25, 0.3) is 0 Å². The Balaban J connectivity index is 2.24. The van der Waals surface area contributed by atoms with Crippen LogP contribution < -0.4 is 0 Å². The molecule has 4 nitrogen and oxygen atoms in total. The van der Waals surface area contributed by atoms with Gasteiger partial charge in [0, 0.05) is 6.42 Å². The molecule has 13 heavy (non-hydrogen) atoms. The molecule has 0 radical (unpaired) electrons. The zero-order chi connectivity index (χ0) is 9.68. The maximum absolute atomic E-state index is 10.9. The minimum atomic E-state index is -0.155. The average molecular weight is 183 g/mol. The first-order valence-electron chi connectivity index (χ1n) is 4.49. The van der Waals surface area contributed by atoms with Crippen LogP contribution in [0.2, 0.25) is 0 Å². The number of methoxy groups -OCH3 is 1. The second-order valence-electron chi connectivity index (χ2n) is 3.36. The van der Waals surface area contributed by atoms with Crippen LogP contribution in [-0.4, -0.2) is 44.6 Å². The SMILES string of the molecule is COC(=O)CC1CCN(BC=O)C1. The zero-order valence-corrected chi connectivity index (χ0v) is 7.86. The van der Waals surface area contributed by atoms with Gasteiger partial charge in [0.1, 0.15) is 0 Å². The molecule has 0 amide bonds. The number of carbonyl (C=O) groups excluding carboxylic acids is 2. The lowest BCUT2D eigenvalue weighted by Gasteiger charge is -2.10. The Kier molecular flexibility index (Phi) is 3.95. The fraction of sp³-hybridized carbons (Fsp3) is 0.750. The number of hydrogen-bond donors (Lipinski definition) is 0. The maximum atomic E-state index is 10.9. The van der Waals surface area contributed by atoms with E-state index in [0.29, 0.717) is 19.8 Å². The molecule has 1 unspecified atom stereocenters. The van der Waals surface area contributed by atoms with Crippen LogP contribution in [0.5, 0.6) is 0 Å². The second kappa shape index (κ2) is 5.02. The van der Waals surface area contributed by atoms with Gasteiger partial charge in [-0.15, -0.1) is 0 Å². The van der Waals surface area contributed by atoms with Crippen molar-refractivity contribution < 1.29 is 14.3 Å². The van der Waals surface area contributed by atoms with E-state index < -0.39 is 0 Å². The Morgan fingerprint density at radius 1 is 1.77 bits per heavy atom. The molecule has 0 saturated carbocycles. The van der Waals surface area contributed by atoms with Crippen LogP contribution in [0.1, 0.15) is 12.8 Å². The minimum Gasteiger partial charge on any atom is -0.469 e. The van der Waals surface area contributed by atoms with Crippen LogP contribution in [-0.2, 0) is 14.3 Å². The van der Waals surface area contributed by atoms with Gasteiger partial charge in [-0.2, -0.15) is 0 Å². The summed E-state index contributed by atoms with van der Waals surface area (Å²) in [6.45, 7) is 1.76. The molecule has 0 aromatic rings. The average Bonchev–Trinajstić information content (AvgIpc) is 2.53. The van der Waals surface area contributed by atoms with Crippen molar-refractivity contribution in [2.45, 2.75) is 12.8 Å². The smallest absolute Gasteiger partial charge is 0.305 e. The molecular formula is C8H14BNO3. The van der Waals surface area contributed by atoms with Crippen LogP contribution >= 0.6 is 0 Å². The summed E-state index contributed by atoms with van der Waals surface area (Å²) in [4.78, 5) is 23.2. The van der Waals surface area contributed by atoms with Crippen LogP contribution in [0.3, 0.4) is 0 Å². The van der Waals surface area contributed by atoms with Crippen molar-refractivity contribution in [1.82, 2.24) is 4.81 Å². The van der Waals surface area contributed by atoms with Gasteiger partial charge in [0.2, 0.25) is 0 Å². The highest BCUT2D eigenvalue weighted by Crippen LogP contribution is 2.18. The van der Waals surface area contributed by atoms with E-state index in [4.69, 9.17) is 0 Å². The molecule has 0 N–H and O–H groups in total. The molecule has 1 rings (SSSR count). The van der Waals surface area contributed by atoms with Crippen molar-refractivity contribution >= 4 is 19.6 Å². The van der Waals surface area contributed by atoms with E-state index in [1.165, 1.54) is 7.11 Å². The summed E-state index contributed by atoms with van der Waals surface area (Å²) in [5.41, 5.74) is 0. The van der Waals surface area contributed by atoms with Crippen molar-refractivity contribution in [3.8, 4) is 0 Å². The van der Waals surface area contributed by atoms with Gasteiger partial charge in [-0.1, -0.05) is 0 Å². The first-order chi connectivity index (χ1) is 6.26. The Morgan fingerprint density at radius 2 is 2.54 bits per heavy atom. The number of hydrogen-bond acceptors (Lipinski definition) is 4. The van der Waals surface area contributed by atoms with Gasteiger partial charge in [-0.25, -0.2) is 0 Å². The predicted octanol–water partition coefficient (Wildman–Crippen LogP) is -0.587. The van der Waals surface area contributed by atoms with Crippen LogP contribution in [0.15, 0.2) is 0 Å². The Bertz CT molecular complexity index is 198.